The van der Waals surface area contributed by atoms with Gasteiger partial charge in [0.1, 0.15) is 5.75 Å². The molecule has 5 heteroatoms. The first kappa shape index (κ1) is 19.1. The molecule has 1 aliphatic rings. The van der Waals surface area contributed by atoms with E-state index in [4.69, 9.17) is 4.74 Å². The number of methoxy groups -OCH3 is 1. The van der Waals surface area contributed by atoms with Crippen molar-refractivity contribution < 1.29 is 4.74 Å². The van der Waals surface area contributed by atoms with E-state index in [1.54, 1.807) is 7.11 Å². The predicted molar refractivity (Wildman–Crippen MR) is 116 cm³/mol. The highest BCUT2D eigenvalue weighted by molar-refractivity contribution is 7.12. The monoisotopic (exact) mass is 394 g/mol. The largest absolute Gasteiger partial charge is 0.496 e. The second-order valence-corrected chi connectivity index (χ2v) is 8.48. The number of hydrogen-bond acceptors (Lipinski definition) is 5. The van der Waals surface area contributed by atoms with Gasteiger partial charge in [-0.25, -0.2) is 0 Å². The summed E-state index contributed by atoms with van der Waals surface area (Å²) in [6.07, 6.45) is 5.95. The molecule has 146 valence electrons. The molecule has 4 rings (SSSR count). The summed E-state index contributed by atoms with van der Waals surface area (Å²) >= 11 is 1.39. The fourth-order valence-electron chi connectivity index (χ4n) is 4.28. The normalized spacial score (nSPS) is 16.3. The Balaban J connectivity index is 1.42. The van der Waals surface area contributed by atoms with E-state index in [0.29, 0.717) is 5.92 Å². The molecule has 28 heavy (non-hydrogen) atoms. The van der Waals surface area contributed by atoms with Crippen molar-refractivity contribution in [2.45, 2.75) is 31.6 Å². The van der Waals surface area contributed by atoms with Crippen LogP contribution in [0.2, 0.25) is 0 Å². The zero-order chi connectivity index (χ0) is 19.5. The van der Waals surface area contributed by atoms with Crippen LogP contribution < -0.4 is 10.2 Å². The van der Waals surface area contributed by atoms with Crippen molar-refractivity contribution in [3.63, 3.8) is 0 Å². The average molecular weight is 395 g/mol. The second-order valence-electron chi connectivity index (χ2n) is 7.65. The first-order valence-corrected chi connectivity index (χ1v) is 10.6. The summed E-state index contributed by atoms with van der Waals surface area (Å²) in [7, 11) is 3.97. The summed E-state index contributed by atoms with van der Waals surface area (Å²) in [5.74, 6) is 1.60. The minimum absolute atomic E-state index is 0.00353. The molecule has 0 radical (unpaired) electrons. The van der Waals surface area contributed by atoms with Gasteiger partial charge >= 0.3 is 0 Å². The molecule has 3 aromatic rings. The van der Waals surface area contributed by atoms with Crippen molar-refractivity contribution in [2.24, 2.45) is 0 Å². The molecule has 1 atom stereocenters. The Morgan fingerprint density at radius 2 is 2.18 bits per heavy atom. The number of aromatic nitrogens is 1. The number of rotatable bonds is 6. The van der Waals surface area contributed by atoms with Crippen molar-refractivity contribution in [3.05, 3.63) is 69.5 Å². The maximum absolute atomic E-state index is 11.9. The number of hydrogen-bond donors (Lipinski definition) is 0. The van der Waals surface area contributed by atoms with E-state index in [-0.39, 0.29) is 5.43 Å². The van der Waals surface area contributed by atoms with Crippen molar-refractivity contribution in [3.8, 4) is 5.75 Å². The van der Waals surface area contributed by atoms with Gasteiger partial charge in [-0.15, -0.1) is 0 Å². The number of nitrogens with zero attached hydrogens (tertiary/aromatic N) is 2. The van der Waals surface area contributed by atoms with E-state index in [9.17, 15) is 4.79 Å². The SMILES string of the molecule is COc1cccc2c1CCCC2CN(C)CCc1ccc2c(=O)cnsc2c1. The van der Waals surface area contributed by atoms with Gasteiger partial charge < -0.3 is 9.64 Å². The Morgan fingerprint density at radius 3 is 3.04 bits per heavy atom. The summed E-state index contributed by atoms with van der Waals surface area (Å²) < 4.78 is 10.6. The van der Waals surface area contributed by atoms with Crippen LogP contribution >= 0.6 is 11.5 Å². The molecule has 1 aliphatic carbocycles. The Labute approximate surface area is 169 Å². The van der Waals surface area contributed by atoms with Crippen molar-refractivity contribution in [1.82, 2.24) is 9.27 Å². The van der Waals surface area contributed by atoms with E-state index >= 15 is 0 Å². The molecule has 0 amide bonds. The molecule has 0 saturated heterocycles. The van der Waals surface area contributed by atoms with Crippen LogP contribution in [0.25, 0.3) is 10.1 Å². The Hall–Kier alpha value is -2.24. The van der Waals surface area contributed by atoms with Gasteiger partial charge in [0.15, 0.2) is 0 Å². The van der Waals surface area contributed by atoms with Crippen LogP contribution in [-0.4, -0.2) is 36.5 Å². The van der Waals surface area contributed by atoms with Gasteiger partial charge in [-0.1, -0.05) is 18.2 Å². The molecule has 2 aromatic carbocycles. The highest BCUT2D eigenvalue weighted by atomic mass is 32.1. The zero-order valence-electron chi connectivity index (χ0n) is 16.5. The van der Waals surface area contributed by atoms with Crippen LogP contribution in [0.4, 0.5) is 0 Å². The lowest BCUT2D eigenvalue weighted by Crippen LogP contribution is -2.28. The number of ether oxygens (including phenoxy) is 1. The molecule has 0 bridgehead atoms. The zero-order valence-corrected chi connectivity index (χ0v) is 17.3. The first-order chi connectivity index (χ1) is 13.7. The fraction of sp³-hybridized carbons (Fsp3) is 0.391. The molecule has 1 unspecified atom stereocenters. The molecule has 0 N–H and O–H groups in total. The maximum atomic E-state index is 11.9. The molecule has 0 saturated carbocycles. The number of likely N-dealkylation sites (N-methyl/N-ethyl adjacent to an activating group) is 1. The van der Waals surface area contributed by atoms with E-state index < -0.39 is 0 Å². The van der Waals surface area contributed by atoms with Gasteiger partial charge in [-0.3, -0.25) is 4.79 Å². The van der Waals surface area contributed by atoms with Gasteiger partial charge in [0.2, 0.25) is 5.43 Å². The second kappa shape index (κ2) is 8.41. The standard InChI is InChI=1S/C23H26N2O2S/c1-25(12-11-16-9-10-20-21(26)14-24-28-23(20)13-16)15-17-5-3-7-19-18(17)6-4-8-22(19)27-2/h4,6,8-10,13-14,17H,3,5,7,11-12,15H2,1-2H3. The number of benzene rings is 2. The third-order valence-corrected chi connectivity index (χ3v) is 6.50. The van der Waals surface area contributed by atoms with Crippen LogP contribution in [0.1, 0.15) is 35.4 Å². The summed E-state index contributed by atoms with van der Waals surface area (Å²) in [6, 6.07) is 12.6. The molecule has 4 nitrogen and oxygen atoms in total. The molecule has 1 heterocycles. The van der Waals surface area contributed by atoms with Gasteiger partial charge in [-0.05, 0) is 85.1 Å². The lowest BCUT2D eigenvalue weighted by Gasteiger charge is -2.30. The quantitative estimate of drug-likeness (QED) is 0.627. The van der Waals surface area contributed by atoms with Crippen LogP contribution in [-0.2, 0) is 12.8 Å². The topological polar surface area (TPSA) is 42.4 Å². The van der Waals surface area contributed by atoms with Crippen molar-refractivity contribution in [2.75, 3.05) is 27.2 Å². The molecular formula is C23H26N2O2S. The number of fused-ring (bicyclic) bond motifs is 2. The third-order valence-electron chi connectivity index (χ3n) is 5.76. The minimum atomic E-state index is 0.00353. The molecular weight excluding hydrogens is 368 g/mol. The van der Waals surface area contributed by atoms with Crippen molar-refractivity contribution in [1.29, 1.82) is 0 Å². The van der Waals surface area contributed by atoms with Crippen LogP contribution in [0.15, 0.2) is 47.4 Å². The highest BCUT2D eigenvalue weighted by Crippen LogP contribution is 2.36. The minimum Gasteiger partial charge on any atom is -0.496 e. The summed E-state index contributed by atoms with van der Waals surface area (Å²) in [4.78, 5) is 14.3. The molecule has 0 spiro atoms. The smallest absolute Gasteiger partial charge is 0.206 e. The summed E-state index contributed by atoms with van der Waals surface area (Å²) in [6.45, 7) is 2.05. The summed E-state index contributed by atoms with van der Waals surface area (Å²) in [5.41, 5.74) is 4.11. The maximum Gasteiger partial charge on any atom is 0.206 e. The van der Waals surface area contributed by atoms with Crippen LogP contribution in [0.5, 0.6) is 5.75 Å². The third kappa shape index (κ3) is 3.96. The molecule has 0 aliphatic heterocycles. The van der Waals surface area contributed by atoms with Gasteiger partial charge in [0, 0.05) is 18.5 Å². The van der Waals surface area contributed by atoms with Crippen LogP contribution in [0, 0.1) is 0 Å². The van der Waals surface area contributed by atoms with E-state index in [1.807, 2.05) is 6.07 Å². The van der Waals surface area contributed by atoms with Gasteiger partial charge in [-0.2, -0.15) is 4.37 Å². The first-order valence-electron chi connectivity index (χ1n) is 9.87. The van der Waals surface area contributed by atoms with Crippen molar-refractivity contribution >= 4 is 21.6 Å². The lowest BCUT2D eigenvalue weighted by atomic mass is 9.82. The summed E-state index contributed by atoms with van der Waals surface area (Å²) in [5, 5.41) is 0.768. The molecule has 0 fully saturated rings. The van der Waals surface area contributed by atoms with Gasteiger partial charge in [0.05, 0.1) is 18.0 Å². The predicted octanol–water partition coefficient (Wildman–Crippen LogP) is 4.26. The van der Waals surface area contributed by atoms with E-state index in [1.165, 1.54) is 47.3 Å². The Kier molecular flexibility index (Phi) is 5.74. The lowest BCUT2D eigenvalue weighted by molar-refractivity contribution is 0.299. The highest BCUT2D eigenvalue weighted by Gasteiger charge is 2.23. The Morgan fingerprint density at radius 1 is 1.29 bits per heavy atom. The van der Waals surface area contributed by atoms with Crippen LogP contribution in [0.3, 0.4) is 0 Å². The van der Waals surface area contributed by atoms with E-state index in [0.717, 1.165) is 41.8 Å². The molecule has 1 aromatic heterocycles. The average Bonchev–Trinajstić information content (AvgIpc) is 2.72. The van der Waals surface area contributed by atoms with Gasteiger partial charge in [0.25, 0.3) is 0 Å². The fourth-order valence-corrected chi connectivity index (χ4v) is 5.02. The Bertz CT molecular complexity index is 1030. The van der Waals surface area contributed by atoms with E-state index in [2.05, 4.69) is 46.7 Å².